The number of pyridine rings is 1. The van der Waals surface area contributed by atoms with Gasteiger partial charge in [-0.2, -0.15) is 0 Å². The molecule has 0 saturated carbocycles. The normalized spacial score (nSPS) is 16.6. The lowest BCUT2D eigenvalue weighted by Gasteiger charge is -2.18. The van der Waals surface area contributed by atoms with Crippen molar-refractivity contribution in [3.05, 3.63) is 42.7 Å². The number of carbonyl (C=O) groups excluding carboxylic acids is 2. The number of nitrogens with zero attached hydrogens (tertiary/aromatic N) is 2. The van der Waals surface area contributed by atoms with Gasteiger partial charge in [0, 0.05) is 42.8 Å². The molecular formula is C18H19N3O4. The third kappa shape index (κ3) is 3.55. The highest BCUT2D eigenvalue weighted by molar-refractivity contribution is 6.03. The summed E-state index contributed by atoms with van der Waals surface area (Å²) in [6.45, 7) is 0.325. The first-order chi connectivity index (χ1) is 12.1. The molecule has 0 unspecified atom stereocenters. The second kappa shape index (κ2) is 7.21. The van der Waals surface area contributed by atoms with Gasteiger partial charge in [0.2, 0.25) is 11.8 Å². The van der Waals surface area contributed by atoms with E-state index in [0.717, 1.165) is 0 Å². The van der Waals surface area contributed by atoms with Crippen LogP contribution < -0.4 is 19.7 Å². The molecule has 2 aromatic rings. The largest absolute Gasteiger partial charge is 0.493 e. The van der Waals surface area contributed by atoms with Crippen LogP contribution in [0.1, 0.15) is 6.42 Å². The minimum Gasteiger partial charge on any atom is -0.493 e. The lowest BCUT2D eigenvalue weighted by atomic mass is 10.1. The Balaban J connectivity index is 1.73. The Bertz CT molecular complexity index is 779. The molecule has 0 radical (unpaired) electrons. The minimum absolute atomic E-state index is 0.0953. The van der Waals surface area contributed by atoms with Crippen molar-refractivity contribution < 1.29 is 19.1 Å². The molecule has 1 aliphatic heterocycles. The van der Waals surface area contributed by atoms with Gasteiger partial charge in [-0.25, -0.2) is 0 Å². The van der Waals surface area contributed by atoms with Gasteiger partial charge in [-0.05, 0) is 24.3 Å². The van der Waals surface area contributed by atoms with E-state index < -0.39 is 5.92 Å². The van der Waals surface area contributed by atoms with E-state index >= 15 is 0 Å². The number of hydrogen-bond donors (Lipinski definition) is 1. The maximum Gasteiger partial charge on any atom is 0.229 e. The molecule has 1 aromatic heterocycles. The van der Waals surface area contributed by atoms with Crippen molar-refractivity contribution in [1.29, 1.82) is 0 Å². The number of hydrogen-bond acceptors (Lipinski definition) is 5. The minimum atomic E-state index is -0.409. The van der Waals surface area contributed by atoms with E-state index in [4.69, 9.17) is 9.47 Å². The molecule has 25 heavy (non-hydrogen) atoms. The van der Waals surface area contributed by atoms with E-state index in [1.54, 1.807) is 61.8 Å². The molecule has 1 atom stereocenters. The SMILES string of the molecule is COc1ccc(N2C[C@@H](C(=O)Nc3ccncc3)CC2=O)cc1OC. The monoisotopic (exact) mass is 341 g/mol. The van der Waals surface area contributed by atoms with Gasteiger partial charge in [-0.15, -0.1) is 0 Å². The first kappa shape index (κ1) is 16.8. The maximum atomic E-state index is 12.4. The Hall–Kier alpha value is -3.09. The van der Waals surface area contributed by atoms with Crippen molar-refractivity contribution >= 4 is 23.2 Å². The number of rotatable bonds is 5. The van der Waals surface area contributed by atoms with Crippen molar-refractivity contribution in [3.63, 3.8) is 0 Å². The second-order valence-electron chi connectivity index (χ2n) is 5.67. The molecule has 3 rings (SSSR count). The summed E-state index contributed by atoms with van der Waals surface area (Å²) in [5.74, 6) is 0.445. The predicted octanol–water partition coefficient (Wildman–Crippen LogP) is 2.09. The molecule has 1 aromatic carbocycles. The maximum absolute atomic E-state index is 12.4. The van der Waals surface area contributed by atoms with Crippen molar-refractivity contribution in [2.75, 3.05) is 31.0 Å². The fraction of sp³-hybridized carbons (Fsp3) is 0.278. The highest BCUT2D eigenvalue weighted by Gasteiger charge is 2.35. The number of ether oxygens (including phenoxy) is 2. The van der Waals surface area contributed by atoms with E-state index in [2.05, 4.69) is 10.3 Å². The summed E-state index contributed by atoms with van der Waals surface area (Å²) in [4.78, 5) is 30.3. The van der Waals surface area contributed by atoms with Crippen LogP contribution in [0.25, 0.3) is 0 Å². The number of amides is 2. The summed E-state index contributed by atoms with van der Waals surface area (Å²) < 4.78 is 10.5. The molecule has 0 aliphatic carbocycles. The Morgan fingerprint density at radius 1 is 1.16 bits per heavy atom. The molecule has 0 spiro atoms. The lowest BCUT2D eigenvalue weighted by molar-refractivity contribution is -0.122. The van der Waals surface area contributed by atoms with Gasteiger partial charge in [0.1, 0.15) is 0 Å². The number of benzene rings is 1. The van der Waals surface area contributed by atoms with E-state index in [0.29, 0.717) is 29.4 Å². The van der Waals surface area contributed by atoms with Crippen molar-refractivity contribution in [1.82, 2.24) is 4.98 Å². The molecule has 1 saturated heterocycles. The van der Waals surface area contributed by atoms with Crippen LogP contribution in [-0.2, 0) is 9.59 Å². The molecular weight excluding hydrogens is 322 g/mol. The number of aromatic nitrogens is 1. The van der Waals surface area contributed by atoms with Gasteiger partial charge in [0.25, 0.3) is 0 Å². The zero-order valence-corrected chi connectivity index (χ0v) is 14.1. The van der Waals surface area contributed by atoms with Crippen molar-refractivity contribution in [3.8, 4) is 11.5 Å². The van der Waals surface area contributed by atoms with E-state index in [9.17, 15) is 9.59 Å². The highest BCUT2D eigenvalue weighted by atomic mass is 16.5. The van der Waals surface area contributed by atoms with Gasteiger partial charge < -0.3 is 19.7 Å². The van der Waals surface area contributed by atoms with Crippen molar-refractivity contribution in [2.45, 2.75) is 6.42 Å². The summed E-state index contributed by atoms with van der Waals surface area (Å²) in [6, 6.07) is 8.68. The van der Waals surface area contributed by atoms with Crippen LogP contribution in [0.5, 0.6) is 11.5 Å². The number of anilines is 2. The van der Waals surface area contributed by atoms with Gasteiger partial charge in [0.05, 0.1) is 20.1 Å². The molecule has 7 nitrogen and oxygen atoms in total. The molecule has 2 amide bonds. The van der Waals surface area contributed by atoms with Crippen LogP contribution in [0.3, 0.4) is 0 Å². The molecule has 7 heteroatoms. The van der Waals surface area contributed by atoms with E-state index in [1.165, 1.54) is 0 Å². The van der Waals surface area contributed by atoms with Gasteiger partial charge >= 0.3 is 0 Å². The van der Waals surface area contributed by atoms with Gasteiger partial charge in [0.15, 0.2) is 11.5 Å². The zero-order valence-electron chi connectivity index (χ0n) is 14.1. The zero-order chi connectivity index (χ0) is 17.8. The standard InChI is InChI=1S/C18H19N3O4/c1-24-15-4-3-14(10-16(15)25-2)21-11-12(9-17(21)22)18(23)20-13-5-7-19-8-6-13/h3-8,10,12H,9,11H2,1-2H3,(H,19,20,23)/t12-/m0/s1. The molecule has 0 bridgehead atoms. The molecule has 130 valence electrons. The van der Waals surface area contributed by atoms with Gasteiger partial charge in [-0.1, -0.05) is 0 Å². The smallest absolute Gasteiger partial charge is 0.229 e. The van der Waals surface area contributed by atoms with E-state index in [1.807, 2.05) is 0 Å². The first-order valence-electron chi connectivity index (χ1n) is 7.85. The Labute approximate surface area is 145 Å². The fourth-order valence-electron chi connectivity index (χ4n) is 2.81. The van der Waals surface area contributed by atoms with Crippen LogP contribution >= 0.6 is 0 Å². The topological polar surface area (TPSA) is 80.8 Å². The Morgan fingerprint density at radius 3 is 2.56 bits per heavy atom. The third-order valence-corrected chi connectivity index (χ3v) is 4.12. The molecule has 1 fully saturated rings. The summed E-state index contributed by atoms with van der Waals surface area (Å²) in [7, 11) is 3.09. The van der Waals surface area contributed by atoms with Crippen LogP contribution in [0, 0.1) is 5.92 Å². The van der Waals surface area contributed by atoms with Crippen LogP contribution in [-0.4, -0.2) is 37.6 Å². The van der Waals surface area contributed by atoms with Crippen LogP contribution in [0.4, 0.5) is 11.4 Å². The number of methoxy groups -OCH3 is 2. The van der Waals surface area contributed by atoms with E-state index in [-0.39, 0.29) is 18.2 Å². The summed E-state index contributed by atoms with van der Waals surface area (Å²) in [6.07, 6.45) is 3.38. The molecule has 1 N–H and O–H groups in total. The Morgan fingerprint density at radius 2 is 1.88 bits per heavy atom. The average Bonchev–Trinajstić information content (AvgIpc) is 3.04. The Kier molecular flexibility index (Phi) is 4.83. The van der Waals surface area contributed by atoms with Crippen molar-refractivity contribution in [2.24, 2.45) is 5.92 Å². The molecule has 1 aliphatic rings. The first-order valence-corrected chi connectivity index (χ1v) is 7.85. The number of carbonyl (C=O) groups is 2. The quantitative estimate of drug-likeness (QED) is 0.901. The fourth-order valence-corrected chi connectivity index (χ4v) is 2.81. The predicted molar refractivity (Wildman–Crippen MR) is 92.9 cm³/mol. The number of nitrogens with one attached hydrogen (secondary N) is 1. The van der Waals surface area contributed by atoms with Gasteiger partial charge in [-0.3, -0.25) is 14.6 Å². The summed E-state index contributed by atoms with van der Waals surface area (Å²) >= 11 is 0. The second-order valence-corrected chi connectivity index (χ2v) is 5.67. The third-order valence-electron chi connectivity index (χ3n) is 4.12. The molecule has 2 heterocycles. The average molecular weight is 341 g/mol. The van der Waals surface area contributed by atoms with Crippen LogP contribution in [0.2, 0.25) is 0 Å². The van der Waals surface area contributed by atoms with Crippen LogP contribution in [0.15, 0.2) is 42.7 Å². The highest BCUT2D eigenvalue weighted by Crippen LogP contribution is 2.34. The summed E-state index contributed by atoms with van der Waals surface area (Å²) in [5.41, 5.74) is 1.35. The lowest BCUT2D eigenvalue weighted by Crippen LogP contribution is -2.28. The summed E-state index contributed by atoms with van der Waals surface area (Å²) in [5, 5.41) is 2.81.